The Morgan fingerprint density at radius 2 is 2.26 bits per heavy atom. The first-order valence-corrected chi connectivity index (χ1v) is 8.38. The van der Waals surface area contributed by atoms with Crippen molar-refractivity contribution >= 4 is 34.0 Å². The Morgan fingerprint density at radius 3 is 2.96 bits per heavy atom. The minimum absolute atomic E-state index is 0.00222. The summed E-state index contributed by atoms with van der Waals surface area (Å²) in [7, 11) is 0. The highest BCUT2D eigenvalue weighted by molar-refractivity contribution is 7.13. The first-order chi connectivity index (χ1) is 11.0. The molecule has 0 radical (unpaired) electrons. The molecular weight excluding hydrogens is 310 g/mol. The Kier molecular flexibility index (Phi) is 4.04. The molecule has 3 rings (SSSR count). The number of rotatable bonds is 3. The lowest BCUT2D eigenvalue weighted by Crippen LogP contribution is -2.35. The van der Waals surface area contributed by atoms with Crippen molar-refractivity contribution in [2.24, 2.45) is 16.5 Å². The number of aromatic nitrogens is 1. The third kappa shape index (κ3) is 2.92. The van der Waals surface area contributed by atoms with Crippen LogP contribution >= 0.6 is 11.3 Å². The van der Waals surface area contributed by atoms with E-state index in [-0.39, 0.29) is 17.9 Å². The van der Waals surface area contributed by atoms with Gasteiger partial charge in [0.05, 0.1) is 5.69 Å². The maximum atomic E-state index is 12.1. The van der Waals surface area contributed by atoms with E-state index in [0.29, 0.717) is 11.6 Å². The number of carbonyl (C=O) groups is 1. The summed E-state index contributed by atoms with van der Waals surface area (Å²) in [6, 6.07) is 6.28. The quantitative estimate of drug-likeness (QED) is 0.667. The standard InChI is InChI=1S/C16H19N5OS/c1-3-14(22)21-9(2)6-11-7-10(4-5-13(11)21)12-8-23-16(19-12)20-15(17)18/h4-5,7-9H,3,6H2,1-2H3,(H4,17,18,19,20)/t9-/m0/s1. The lowest BCUT2D eigenvalue weighted by molar-refractivity contribution is -0.118. The number of guanidine groups is 1. The molecule has 0 spiro atoms. The Balaban J connectivity index is 1.94. The molecule has 120 valence electrons. The van der Waals surface area contributed by atoms with Gasteiger partial charge in [-0.2, -0.15) is 4.99 Å². The molecular formula is C16H19N5OS. The smallest absolute Gasteiger partial charge is 0.226 e. The molecule has 0 aliphatic carbocycles. The second-order valence-corrected chi connectivity index (χ2v) is 6.40. The van der Waals surface area contributed by atoms with Crippen molar-refractivity contribution in [3.63, 3.8) is 0 Å². The number of nitrogens with zero attached hydrogens (tertiary/aromatic N) is 3. The first kappa shape index (κ1) is 15.5. The normalized spacial score (nSPS) is 16.3. The van der Waals surface area contributed by atoms with E-state index in [1.807, 2.05) is 29.3 Å². The van der Waals surface area contributed by atoms with Crippen molar-refractivity contribution in [2.45, 2.75) is 32.7 Å². The largest absolute Gasteiger partial charge is 0.370 e. The molecule has 0 unspecified atom stereocenters. The first-order valence-electron chi connectivity index (χ1n) is 7.50. The summed E-state index contributed by atoms with van der Waals surface area (Å²) >= 11 is 1.39. The third-order valence-corrected chi connectivity index (χ3v) is 4.61. The fourth-order valence-corrected chi connectivity index (χ4v) is 3.61. The molecule has 6 nitrogen and oxygen atoms in total. The molecule has 0 saturated carbocycles. The van der Waals surface area contributed by atoms with Crippen LogP contribution in [0, 0.1) is 0 Å². The Hall–Kier alpha value is -2.41. The van der Waals surface area contributed by atoms with Crippen LogP contribution in [-0.4, -0.2) is 22.9 Å². The van der Waals surface area contributed by atoms with E-state index >= 15 is 0 Å². The van der Waals surface area contributed by atoms with Crippen molar-refractivity contribution < 1.29 is 4.79 Å². The topological polar surface area (TPSA) is 97.6 Å². The van der Waals surface area contributed by atoms with Gasteiger partial charge in [-0.15, -0.1) is 11.3 Å². The molecule has 0 bridgehead atoms. The second-order valence-electron chi connectivity index (χ2n) is 5.57. The van der Waals surface area contributed by atoms with Crippen LogP contribution in [0.15, 0.2) is 28.6 Å². The van der Waals surface area contributed by atoms with Crippen LogP contribution in [0.2, 0.25) is 0 Å². The highest BCUT2D eigenvalue weighted by Crippen LogP contribution is 2.36. The highest BCUT2D eigenvalue weighted by Gasteiger charge is 2.30. The van der Waals surface area contributed by atoms with E-state index in [9.17, 15) is 4.79 Å². The van der Waals surface area contributed by atoms with Crippen LogP contribution in [0.3, 0.4) is 0 Å². The molecule has 2 heterocycles. The van der Waals surface area contributed by atoms with Crippen molar-refractivity contribution in [3.8, 4) is 11.3 Å². The lowest BCUT2D eigenvalue weighted by Gasteiger charge is -2.22. The van der Waals surface area contributed by atoms with Crippen molar-refractivity contribution in [1.29, 1.82) is 0 Å². The minimum Gasteiger partial charge on any atom is -0.370 e. The third-order valence-electron chi connectivity index (χ3n) is 3.88. The molecule has 1 aliphatic rings. The summed E-state index contributed by atoms with van der Waals surface area (Å²) in [6.45, 7) is 3.97. The van der Waals surface area contributed by atoms with E-state index in [1.165, 1.54) is 16.9 Å². The minimum atomic E-state index is 0.00222. The number of amides is 1. The monoisotopic (exact) mass is 329 g/mol. The number of benzene rings is 1. The van der Waals surface area contributed by atoms with Gasteiger partial charge in [-0.1, -0.05) is 13.0 Å². The van der Waals surface area contributed by atoms with E-state index in [1.54, 1.807) is 0 Å². The Morgan fingerprint density at radius 1 is 1.48 bits per heavy atom. The zero-order valence-electron chi connectivity index (χ0n) is 13.1. The van der Waals surface area contributed by atoms with Crippen molar-refractivity contribution in [2.75, 3.05) is 4.90 Å². The van der Waals surface area contributed by atoms with Gasteiger partial charge >= 0.3 is 0 Å². The van der Waals surface area contributed by atoms with Gasteiger partial charge in [-0.25, -0.2) is 4.98 Å². The van der Waals surface area contributed by atoms with E-state index in [2.05, 4.69) is 23.0 Å². The zero-order valence-corrected chi connectivity index (χ0v) is 13.9. The molecule has 23 heavy (non-hydrogen) atoms. The van der Waals surface area contributed by atoms with Crippen LogP contribution < -0.4 is 16.4 Å². The fourth-order valence-electron chi connectivity index (χ4n) is 2.90. The van der Waals surface area contributed by atoms with E-state index < -0.39 is 0 Å². The average Bonchev–Trinajstić information content (AvgIpc) is 3.08. The Labute approximate surface area is 138 Å². The van der Waals surface area contributed by atoms with Crippen molar-refractivity contribution in [3.05, 3.63) is 29.1 Å². The highest BCUT2D eigenvalue weighted by atomic mass is 32.1. The number of aliphatic imine (C=N–C) groups is 1. The van der Waals surface area contributed by atoms with E-state index in [4.69, 9.17) is 11.5 Å². The SMILES string of the molecule is CCC(=O)N1c2ccc(-c3csc(N=C(N)N)n3)cc2C[C@@H]1C. The average molecular weight is 329 g/mol. The van der Waals surface area contributed by atoms with Crippen LogP contribution in [-0.2, 0) is 11.2 Å². The predicted molar refractivity (Wildman–Crippen MR) is 94.0 cm³/mol. The molecule has 7 heteroatoms. The molecule has 0 fully saturated rings. The molecule has 1 atom stereocenters. The van der Waals surface area contributed by atoms with Gasteiger partial charge in [0.25, 0.3) is 0 Å². The molecule has 1 amide bonds. The van der Waals surface area contributed by atoms with Gasteiger partial charge in [-0.05, 0) is 31.0 Å². The van der Waals surface area contributed by atoms with Crippen LogP contribution in [0.4, 0.5) is 10.8 Å². The molecule has 2 aromatic rings. The molecule has 1 aromatic carbocycles. The number of fused-ring (bicyclic) bond motifs is 1. The van der Waals surface area contributed by atoms with Gasteiger partial charge in [0, 0.05) is 29.1 Å². The summed E-state index contributed by atoms with van der Waals surface area (Å²) in [4.78, 5) is 22.4. The van der Waals surface area contributed by atoms with Crippen molar-refractivity contribution in [1.82, 2.24) is 4.98 Å². The number of nitrogens with two attached hydrogens (primary N) is 2. The van der Waals surface area contributed by atoms with Crippen LogP contribution in [0.1, 0.15) is 25.8 Å². The second kappa shape index (κ2) is 6.00. The van der Waals surface area contributed by atoms with Gasteiger partial charge in [0.2, 0.25) is 11.0 Å². The fraction of sp³-hybridized carbons (Fsp3) is 0.312. The molecule has 1 aliphatic heterocycles. The number of thiazole rings is 1. The lowest BCUT2D eigenvalue weighted by atomic mass is 10.1. The molecule has 4 N–H and O–H groups in total. The van der Waals surface area contributed by atoms with Gasteiger partial charge in [0.1, 0.15) is 0 Å². The summed E-state index contributed by atoms with van der Waals surface area (Å²) in [5, 5.41) is 2.47. The Bertz CT molecular complexity index is 779. The maximum Gasteiger partial charge on any atom is 0.226 e. The summed E-state index contributed by atoms with van der Waals surface area (Å²) in [5.74, 6) is 0.162. The summed E-state index contributed by atoms with van der Waals surface area (Å²) in [5.41, 5.74) is 14.8. The predicted octanol–water partition coefficient (Wildman–Crippen LogP) is 2.40. The van der Waals surface area contributed by atoms with Gasteiger partial charge in [-0.3, -0.25) is 4.79 Å². The summed E-state index contributed by atoms with van der Waals surface area (Å²) < 4.78 is 0. The maximum absolute atomic E-state index is 12.1. The van der Waals surface area contributed by atoms with Crippen LogP contribution in [0.25, 0.3) is 11.3 Å². The number of hydrogen-bond donors (Lipinski definition) is 2. The zero-order chi connectivity index (χ0) is 16.6. The van der Waals surface area contributed by atoms with Crippen LogP contribution in [0.5, 0.6) is 0 Å². The molecule has 1 aromatic heterocycles. The number of anilines is 1. The van der Waals surface area contributed by atoms with Gasteiger partial charge in [0.15, 0.2) is 5.96 Å². The van der Waals surface area contributed by atoms with E-state index in [0.717, 1.165) is 23.4 Å². The number of carbonyl (C=O) groups excluding carboxylic acids is 1. The van der Waals surface area contributed by atoms with Gasteiger partial charge < -0.3 is 16.4 Å². The number of hydrogen-bond acceptors (Lipinski definition) is 4. The summed E-state index contributed by atoms with van der Waals surface area (Å²) in [6.07, 6.45) is 1.37. The molecule has 0 saturated heterocycles.